The Kier molecular flexibility index (Phi) is 5.10. The smallest absolute Gasteiger partial charge is 0.337 e. The molecule has 134 valence electrons. The topological polar surface area (TPSA) is 112 Å². The zero-order valence-electron chi connectivity index (χ0n) is 14.0. The van der Waals surface area contributed by atoms with Gasteiger partial charge in [0.1, 0.15) is 4.83 Å². The van der Waals surface area contributed by atoms with Gasteiger partial charge in [-0.15, -0.1) is 11.3 Å². The Morgan fingerprint density at radius 3 is 2.77 bits per heavy atom. The number of thioether (sulfide) groups is 1. The Bertz CT molecular complexity index is 1070. The fraction of sp³-hybridized carbons (Fsp3) is 0.176. The second-order valence-electron chi connectivity index (χ2n) is 5.64. The predicted molar refractivity (Wildman–Crippen MR) is 102 cm³/mol. The van der Waals surface area contributed by atoms with Crippen molar-refractivity contribution in [2.24, 2.45) is 0 Å². The summed E-state index contributed by atoms with van der Waals surface area (Å²) in [6.45, 7) is 3.96. The maximum atomic E-state index is 12.1. The van der Waals surface area contributed by atoms with Crippen LogP contribution in [0.1, 0.15) is 21.5 Å². The van der Waals surface area contributed by atoms with Gasteiger partial charge >= 0.3 is 5.97 Å². The van der Waals surface area contributed by atoms with E-state index in [0.717, 1.165) is 34.2 Å². The van der Waals surface area contributed by atoms with Gasteiger partial charge in [0.2, 0.25) is 5.91 Å². The number of hydrogen-bond acceptors (Lipinski definition) is 6. The van der Waals surface area contributed by atoms with Crippen LogP contribution in [0.15, 0.2) is 33.5 Å². The summed E-state index contributed by atoms with van der Waals surface area (Å²) >= 11 is 2.17. The van der Waals surface area contributed by atoms with Crippen molar-refractivity contribution >= 4 is 50.9 Å². The molecule has 0 fully saturated rings. The maximum Gasteiger partial charge on any atom is 0.337 e. The van der Waals surface area contributed by atoms with Crippen LogP contribution in [0.4, 0.5) is 5.69 Å². The molecule has 1 amide bonds. The molecule has 26 heavy (non-hydrogen) atoms. The molecule has 3 rings (SSSR count). The summed E-state index contributed by atoms with van der Waals surface area (Å²) in [5.74, 6) is -1.33. The van der Waals surface area contributed by atoms with Crippen molar-refractivity contribution in [1.82, 2.24) is 9.97 Å². The van der Waals surface area contributed by atoms with Crippen LogP contribution in [-0.4, -0.2) is 32.7 Å². The Morgan fingerprint density at radius 1 is 1.31 bits per heavy atom. The van der Waals surface area contributed by atoms with E-state index in [4.69, 9.17) is 5.11 Å². The predicted octanol–water partition coefficient (Wildman–Crippen LogP) is 3.03. The lowest BCUT2D eigenvalue weighted by Gasteiger charge is -2.07. The number of carbonyl (C=O) groups excluding carboxylic acids is 1. The van der Waals surface area contributed by atoms with Crippen molar-refractivity contribution in [2.45, 2.75) is 19.0 Å². The highest BCUT2D eigenvalue weighted by atomic mass is 32.2. The van der Waals surface area contributed by atoms with E-state index >= 15 is 0 Å². The second-order valence-corrected chi connectivity index (χ2v) is 7.46. The zero-order valence-corrected chi connectivity index (χ0v) is 15.6. The van der Waals surface area contributed by atoms with Crippen LogP contribution in [0.25, 0.3) is 10.2 Å². The van der Waals surface area contributed by atoms with Gasteiger partial charge in [-0.3, -0.25) is 9.59 Å². The quantitative estimate of drug-likeness (QED) is 0.457. The first-order valence-electron chi connectivity index (χ1n) is 7.60. The molecule has 0 aliphatic heterocycles. The standard InChI is InChI=1S/C17H15N3O4S2/c1-8-3-4-10(5-9(8)2)18-12(21)7-26-17-19-14(22)13-11(16(23)24)6-25-15(13)20-17/h3-6H,7H2,1-2H3,(H,18,21)(H,23,24)(H,19,20,22). The normalized spacial score (nSPS) is 10.8. The highest BCUT2D eigenvalue weighted by molar-refractivity contribution is 7.99. The number of aromatic carboxylic acids is 1. The van der Waals surface area contributed by atoms with E-state index in [-0.39, 0.29) is 27.8 Å². The SMILES string of the molecule is Cc1ccc(NC(=O)CSc2nc3scc(C(=O)O)c3c(=O)[nH]2)cc1C. The molecule has 1 aromatic carbocycles. The maximum absolute atomic E-state index is 12.1. The second kappa shape index (κ2) is 7.30. The largest absolute Gasteiger partial charge is 0.478 e. The summed E-state index contributed by atoms with van der Waals surface area (Å²) in [5, 5.41) is 13.6. The first kappa shape index (κ1) is 18.2. The number of carbonyl (C=O) groups is 2. The Hall–Kier alpha value is -2.65. The lowest BCUT2D eigenvalue weighted by Crippen LogP contribution is -2.16. The lowest BCUT2D eigenvalue weighted by atomic mass is 10.1. The molecular formula is C17H15N3O4S2. The third kappa shape index (κ3) is 3.78. The minimum Gasteiger partial charge on any atom is -0.478 e. The lowest BCUT2D eigenvalue weighted by molar-refractivity contribution is -0.113. The summed E-state index contributed by atoms with van der Waals surface area (Å²) < 4.78 is 0. The molecule has 0 spiro atoms. The number of carboxylic acid groups (broad SMARTS) is 1. The van der Waals surface area contributed by atoms with E-state index in [1.165, 1.54) is 5.38 Å². The molecule has 0 aliphatic carbocycles. The number of aryl methyl sites for hydroxylation is 2. The molecule has 2 heterocycles. The van der Waals surface area contributed by atoms with Gasteiger partial charge in [-0.05, 0) is 37.1 Å². The third-order valence-electron chi connectivity index (χ3n) is 3.78. The molecule has 0 aliphatic rings. The molecule has 3 N–H and O–H groups in total. The van der Waals surface area contributed by atoms with Gasteiger partial charge in [-0.1, -0.05) is 17.8 Å². The molecular weight excluding hydrogens is 374 g/mol. The summed E-state index contributed by atoms with van der Waals surface area (Å²) in [6.07, 6.45) is 0. The number of aromatic amines is 1. The van der Waals surface area contributed by atoms with E-state index < -0.39 is 11.5 Å². The van der Waals surface area contributed by atoms with E-state index in [1.54, 1.807) is 0 Å². The van der Waals surface area contributed by atoms with E-state index in [0.29, 0.717) is 10.5 Å². The Balaban J connectivity index is 1.71. The van der Waals surface area contributed by atoms with Gasteiger partial charge in [-0.2, -0.15) is 0 Å². The summed E-state index contributed by atoms with van der Waals surface area (Å²) in [6, 6.07) is 5.65. The highest BCUT2D eigenvalue weighted by Gasteiger charge is 2.16. The number of amides is 1. The number of rotatable bonds is 5. The molecule has 9 heteroatoms. The number of thiophene rings is 1. The van der Waals surface area contributed by atoms with Crippen LogP contribution in [0.2, 0.25) is 0 Å². The van der Waals surface area contributed by atoms with Crippen molar-refractivity contribution < 1.29 is 14.7 Å². The van der Waals surface area contributed by atoms with E-state index in [1.807, 2.05) is 32.0 Å². The first-order chi connectivity index (χ1) is 12.3. The molecule has 2 aromatic heterocycles. The van der Waals surface area contributed by atoms with Crippen molar-refractivity contribution in [3.05, 3.63) is 50.6 Å². The molecule has 0 unspecified atom stereocenters. The summed E-state index contributed by atoms with van der Waals surface area (Å²) in [7, 11) is 0. The monoisotopic (exact) mass is 389 g/mol. The van der Waals surface area contributed by atoms with Crippen LogP contribution in [0, 0.1) is 13.8 Å². The van der Waals surface area contributed by atoms with Gasteiger partial charge in [0.25, 0.3) is 5.56 Å². The first-order valence-corrected chi connectivity index (χ1v) is 9.46. The number of H-pyrrole nitrogens is 1. The third-order valence-corrected chi connectivity index (χ3v) is 5.53. The zero-order chi connectivity index (χ0) is 18.8. The number of hydrogen-bond donors (Lipinski definition) is 3. The molecule has 0 radical (unpaired) electrons. The van der Waals surface area contributed by atoms with Crippen molar-refractivity contribution in [2.75, 3.05) is 11.1 Å². The number of aromatic nitrogens is 2. The van der Waals surface area contributed by atoms with E-state index in [9.17, 15) is 14.4 Å². The van der Waals surface area contributed by atoms with Crippen molar-refractivity contribution in [1.29, 1.82) is 0 Å². The average molecular weight is 389 g/mol. The van der Waals surface area contributed by atoms with Crippen molar-refractivity contribution in [3.8, 4) is 0 Å². The van der Waals surface area contributed by atoms with Crippen LogP contribution >= 0.6 is 23.1 Å². The molecule has 0 atom stereocenters. The molecule has 7 nitrogen and oxygen atoms in total. The van der Waals surface area contributed by atoms with Gasteiger partial charge in [0.15, 0.2) is 5.16 Å². The van der Waals surface area contributed by atoms with Gasteiger partial charge in [-0.25, -0.2) is 9.78 Å². The summed E-state index contributed by atoms with van der Waals surface area (Å²) in [5.41, 5.74) is 2.34. The van der Waals surface area contributed by atoms with Crippen LogP contribution in [0.5, 0.6) is 0 Å². The fourth-order valence-electron chi connectivity index (χ4n) is 2.31. The van der Waals surface area contributed by atoms with Crippen LogP contribution < -0.4 is 10.9 Å². The van der Waals surface area contributed by atoms with E-state index in [2.05, 4.69) is 15.3 Å². The number of benzene rings is 1. The highest BCUT2D eigenvalue weighted by Crippen LogP contribution is 2.23. The van der Waals surface area contributed by atoms with Crippen LogP contribution in [0.3, 0.4) is 0 Å². The van der Waals surface area contributed by atoms with Gasteiger partial charge in [0.05, 0.1) is 16.7 Å². The number of nitrogens with one attached hydrogen (secondary N) is 2. The fourth-order valence-corrected chi connectivity index (χ4v) is 3.94. The molecule has 0 saturated heterocycles. The number of anilines is 1. The Labute approximate surface area is 156 Å². The number of carboxylic acids is 1. The minimum atomic E-state index is -1.17. The van der Waals surface area contributed by atoms with Crippen LogP contribution in [-0.2, 0) is 4.79 Å². The van der Waals surface area contributed by atoms with Crippen molar-refractivity contribution in [3.63, 3.8) is 0 Å². The Morgan fingerprint density at radius 2 is 2.08 bits per heavy atom. The average Bonchev–Trinajstić information content (AvgIpc) is 3.01. The van der Waals surface area contributed by atoms with Gasteiger partial charge < -0.3 is 15.4 Å². The number of nitrogens with zero attached hydrogens (tertiary/aromatic N) is 1. The minimum absolute atomic E-state index is 0.0615. The van der Waals surface area contributed by atoms with Gasteiger partial charge in [0, 0.05) is 11.1 Å². The molecule has 0 saturated carbocycles. The molecule has 0 bridgehead atoms. The number of fused-ring (bicyclic) bond motifs is 1. The molecule has 3 aromatic rings. The summed E-state index contributed by atoms with van der Waals surface area (Å²) in [4.78, 5) is 42.4.